The van der Waals surface area contributed by atoms with Gasteiger partial charge in [-0.15, -0.1) is 0 Å². The fourth-order valence-electron chi connectivity index (χ4n) is 2.31. The third-order valence-corrected chi connectivity index (χ3v) is 3.17. The lowest BCUT2D eigenvalue weighted by molar-refractivity contribution is 0.0816. The van der Waals surface area contributed by atoms with Gasteiger partial charge < -0.3 is 5.32 Å². The van der Waals surface area contributed by atoms with E-state index in [0.717, 1.165) is 45.2 Å². The normalized spacial score (nSPS) is 29.3. The Morgan fingerprint density at radius 2 is 2.15 bits per heavy atom. The van der Waals surface area contributed by atoms with Crippen molar-refractivity contribution in [1.29, 1.82) is 0 Å². The molecule has 1 nitrogen and oxygen atoms in total. The van der Waals surface area contributed by atoms with E-state index in [1.54, 1.807) is 6.92 Å². The highest BCUT2D eigenvalue weighted by Crippen LogP contribution is 2.33. The summed E-state index contributed by atoms with van der Waals surface area (Å²) in [5.41, 5.74) is -0.930. The highest BCUT2D eigenvalue weighted by molar-refractivity contribution is 4.84. The molecule has 1 fully saturated rings. The molecule has 0 saturated carbocycles. The molecule has 2 atom stereocenters. The van der Waals surface area contributed by atoms with Crippen LogP contribution in [0, 0.1) is 5.92 Å². The summed E-state index contributed by atoms with van der Waals surface area (Å²) in [6, 6.07) is 0. The minimum Gasteiger partial charge on any atom is -0.317 e. The number of hydrogen-bond acceptors (Lipinski definition) is 1. The van der Waals surface area contributed by atoms with Gasteiger partial charge in [0.15, 0.2) is 0 Å². The molecule has 0 spiro atoms. The molecule has 2 heteroatoms. The van der Waals surface area contributed by atoms with Crippen LogP contribution in [0.3, 0.4) is 0 Å². The summed E-state index contributed by atoms with van der Waals surface area (Å²) in [5, 5.41) is 3.32. The van der Waals surface area contributed by atoms with Crippen LogP contribution in [0.1, 0.15) is 46.0 Å². The highest BCUT2D eigenvalue weighted by Gasteiger charge is 2.32. The average molecular weight is 187 g/mol. The van der Waals surface area contributed by atoms with Crippen LogP contribution in [0.4, 0.5) is 4.39 Å². The van der Waals surface area contributed by atoms with Crippen LogP contribution < -0.4 is 5.32 Å². The van der Waals surface area contributed by atoms with Crippen LogP contribution in [0.25, 0.3) is 0 Å². The number of hydrogen-bond donors (Lipinski definition) is 1. The van der Waals surface area contributed by atoms with E-state index in [0.29, 0.717) is 0 Å². The lowest BCUT2D eigenvalue weighted by Crippen LogP contribution is -2.30. The van der Waals surface area contributed by atoms with Crippen molar-refractivity contribution in [3.8, 4) is 0 Å². The standard InChI is InChI=1S/C11H22FN/c1-3-7-11(2,12)10-5-4-8-13-9-6-10/h10,13H,3-9H2,1-2H3. The van der Waals surface area contributed by atoms with Crippen LogP contribution in [-0.2, 0) is 0 Å². The molecule has 13 heavy (non-hydrogen) atoms. The second-order valence-electron chi connectivity index (χ2n) is 4.41. The van der Waals surface area contributed by atoms with Gasteiger partial charge in [-0.05, 0) is 51.6 Å². The molecule has 0 aromatic carbocycles. The van der Waals surface area contributed by atoms with Gasteiger partial charge in [0, 0.05) is 0 Å². The second-order valence-corrected chi connectivity index (χ2v) is 4.41. The van der Waals surface area contributed by atoms with Crippen LogP contribution in [0.15, 0.2) is 0 Å². The smallest absolute Gasteiger partial charge is 0.111 e. The number of nitrogens with one attached hydrogen (secondary N) is 1. The molecule has 1 aliphatic heterocycles. The Morgan fingerprint density at radius 3 is 2.85 bits per heavy atom. The van der Waals surface area contributed by atoms with Crippen LogP contribution in [-0.4, -0.2) is 18.8 Å². The highest BCUT2D eigenvalue weighted by atomic mass is 19.1. The van der Waals surface area contributed by atoms with E-state index in [4.69, 9.17) is 0 Å². The van der Waals surface area contributed by atoms with E-state index >= 15 is 0 Å². The first-order valence-electron chi connectivity index (χ1n) is 5.56. The summed E-state index contributed by atoms with van der Waals surface area (Å²) in [6.07, 6.45) is 4.87. The van der Waals surface area contributed by atoms with E-state index in [1.807, 2.05) is 0 Å². The van der Waals surface area contributed by atoms with Crippen molar-refractivity contribution in [3.05, 3.63) is 0 Å². The van der Waals surface area contributed by atoms with Crippen molar-refractivity contribution in [1.82, 2.24) is 5.32 Å². The van der Waals surface area contributed by atoms with Gasteiger partial charge in [-0.1, -0.05) is 13.3 Å². The first-order chi connectivity index (χ1) is 6.17. The number of alkyl halides is 1. The van der Waals surface area contributed by atoms with Gasteiger partial charge in [-0.3, -0.25) is 0 Å². The Balaban J connectivity index is 2.46. The van der Waals surface area contributed by atoms with Crippen LogP contribution >= 0.6 is 0 Å². The predicted octanol–water partition coefficient (Wildman–Crippen LogP) is 2.90. The summed E-state index contributed by atoms with van der Waals surface area (Å²) < 4.78 is 14.1. The van der Waals surface area contributed by atoms with Gasteiger partial charge in [0.25, 0.3) is 0 Å². The van der Waals surface area contributed by atoms with Crippen LogP contribution in [0.5, 0.6) is 0 Å². The maximum atomic E-state index is 14.1. The summed E-state index contributed by atoms with van der Waals surface area (Å²) in [6.45, 7) is 5.91. The first kappa shape index (κ1) is 11.0. The van der Waals surface area contributed by atoms with Crippen molar-refractivity contribution in [2.45, 2.75) is 51.6 Å². The quantitative estimate of drug-likeness (QED) is 0.716. The third-order valence-electron chi connectivity index (χ3n) is 3.17. The maximum absolute atomic E-state index is 14.1. The molecular formula is C11H22FN. The molecule has 0 aromatic rings. The van der Waals surface area contributed by atoms with E-state index < -0.39 is 5.67 Å². The molecule has 1 rings (SSSR count). The van der Waals surface area contributed by atoms with E-state index in [9.17, 15) is 4.39 Å². The van der Waals surface area contributed by atoms with E-state index in [-0.39, 0.29) is 5.92 Å². The second kappa shape index (κ2) is 4.94. The number of halogens is 1. The minimum atomic E-state index is -0.930. The summed E-state index contributed by atoms with van der Waals surface area (Å²) in [7, 11) is 0. The topological polar surface area (TPSA) is 12.0 Å². The van der Waals surface area contributed by atoms with Crippen molar-refractivity contribution < 1.29 is 4.39 Å². The molecule has 0 amide bonds. The van der Waals surface area contributed by atoms with Gasteiger partial charge >= 0.3 is 0 Å². The lowest BCUT2D eigenvalue weighted by atomic mass is 9.82. The van der Waals surface area contributed by atoms with Gasteiger partial charge in [0.05, 0.1) is 0 Å². The summed E-state index contributed by atoms with van der Waals surface area (Å²) in [4.78, 5) is 0. The molecule has 0 aliphatic carbocycles. The molecule has 1 aliphatic rings. The Labute approximate surface area is 81.1 Å². The molecule has 1 N–H and O–H groups in total. The Hall–Kier alpha value is -0.110. The summed E-state index contributed by atoms with van der Waals surface area (Å²) >= 11 is 0. The lowest BCUT2D eigenvalue weighted by Gasteiger charge is -2.29. The third kappa shape index (κ3) is 3.26. The monoisotopic (exact) mass is 187 g/mol. The zero-order chi connectivity index (χ0) is 9.73. The zero-order valence-corrected chi connectivity index (χ0v) is 8.91. The fraction of sp³-hybridized carbons (Fsp3) is 1.00. The van der Waals surface area contributed by atoms with Gasteiger partial charge in [-0.25, -0.2) is 4.39 Å². The predicted molar refractivity (Wildman–Crippen MR) is 54.6 cm³/mol. The molecule has 1 heterocycles. The molecule has 1 saturated heterocycles. The summed E-state index contributed by atoms with van der Waals surface area (Å²) in [5.74, 6) is 0.280. The van der Waals surface area contributed by atoms with Crippen LogP contribution in [0.2, 0.25) is 0 Å². The Morgan fingerprint density at radius 1 is 1.38 bits per heavy atom. The first-order valence-corrected chi connectivity index (χ1v) is 5.56. The van der Waals surface area contributed by atoms with Crippen molar-refractivity contribution in [2.24, 2.45) is 5.92 Å². The Kier molecular flexibility index (Phi) is 4.17. The van der Waals surface area contributed by atoms with E-state index in [1.165, 1.54) is 0 Å². The fourth-order valence-corrected chi connectivity index (χ4v) is 2.31. The van der Waals surface area contributed by atoms with Gasteiger partial charge in [0.2, 0.25) is 0 Å². The SMILES string of the molecule is CCCC(C)(F)C1CCCNCC1. The molecule has 0 aromatic heterocycles. The van der Waals surface area contributed by atoms with Crippen molar-refractivity contribution >= 4 is 0 Å². The van der Waals surface area contributed by atoms with Crippen molar-refractivity contribution in [2.75, 3.05) is 13.1 Å². The molecule has 0 bridgehead atoms. The van der Waals surface area contributed by atoms with Gasteiger partial charge in [0.1, 0.15) is 5.67 Å². The maximum Gasteiger partial charge on any atom is 0.111 e. The van der Waals surface area contributed by atoms with Crippen molar-refractivity contribution in [3.63, 3.8) is 0 Å². The van der Waals surface area contributed by atoms with Gasteiger partial charge in [-0.2, -0.15) is 0 Å². The average Bonchev–Trinajstić information content (AvgIpc) is 2.31. The molecule has 2 unspecified atom stereocenters. The Bertz CT molecular complexity index is 137. The molecule has 0 radical (unpaired) electrons. The zero-order valence-electron chi connectivity index (χ0n) is 8.91. The molecular weight excluding hydrogens is 165 g/mol. The largest absolute Gasteiger partial charge is 0.317 e. The minimum absolute atomic E-state index is 0.280. The molecule has 78 valence electrons. The number of rotatable bonds is 3. The van der Waals surface area contributed by atoms with E-state index in [2.05, 4.69) is 12.2 Å².